The molecule has 66 valence electrons. The molecule has 3 nitrogen and oxygen atoms in total. The molecule has 0 unspecified atom stereocenters. The quantitative estimate of drug-likeness (QED) is 0.642. The van der Waals surface area contributed by atoms with Gasteiger partial charge in [-0.1, -0.05) is 11.6 Å². The van der Waals surface area contributed by atoms with E-state index in [9.17, 15) is 0 Å². The van der Waals surface area contributed by atoms with Crippen LogP contribution in [0.4, 0.5) is 0 Å². The van der Waals surface area contributed by atoms with Crippen LogP contribution in [0, 0.1) is 6.92 Å². The average molecular weight is 166 g/mol. The van der Waals surface area contributed by atoms with Gasteiger partial charge in [-0.25, -0.2) is 0 Å². The Morgan fingerprint density at radius 1 is 1.33 bits per heavy atom. The van der Waals surface area contributed by atoms with Crippen molar-refractivity contribution in [1.82, 2.24) is 0 Å². The van der Waals surface area contributed by atoms with Gasteiger partial charge in [0.1, 0.15) is 5.75 Å². The van der Waals surface area contributed by atoms with Crippen molar-refractivity contribution in [1.29, 1.82) is 0 Å². The lowest BCUT2D eigenvalue weighted by molar-refractivity contribution is 0.406. The lowest BCUT2D eigenvalue weighted by atomic mass is 10.1. The maximum absolute atomic E-state index is 5.56. The van der Waals surface area contributed by atoms with Crippen molar-refractivity contribution >= 4 is 0 Å². The van der Waals surface area contributed by atoms with Crippen molar-refractivity contribution in [2.75, 3.05) is 7.11 Å². The van der Waals surface area contributed by atoms with Crippen LogP contribution in [0.1, 0.15) is 17.3 Å². The summed E-state index contributed by atoms with van der Waals surface area (Å²) in [5, 5.41) is 0. The van der Waals surface area contributed by atoms with E-state index in [-0.39, 0.29) is 0 Å². The third-order valence-electron chi connectivity index (χ3n) is 1.74. The van der Waals surface area contributed by atoms with E-state index in [1.54, 1.807) is 7.11 Å². The molecule has 12 heavy (non-hydrogen) atoms. The van der Waals surface area contributed by atoms with E-state index in [1.807, 2.05) is 25.1 Å². The number of ether oxygens (including phenoxy) is 1. The van der Waals surface area contributed by atoms with Crippen LogP contribution in [0.3, 0.4) is 0 Å². The van der Waals surface area contributed by atoms with E-state index in [0.29, 0.717) is 0 Å². The first-order chi connectivity index (χ1) is 5.65. The third kappa shape index (κ3) is 1.75. The molecule has 0 aliphatic carbocycles. The van der Waals surface area contributed by atoms with Crippen LogP contribution in [-0.2, 0) is 0 Å². The Labute approximate surface area is 72.3 Å². The molecule has 0 aliphatic heterocycles. The first kappa shape index (κ1) is 9.03. The highest BCUT2D eigenvalue weighted by atomic mass is 16.5. The van der Waals surface area contributed by atoms with Gasteiger partial charge in [0, 0.05) is 5.56 Å². The van der Waals surface area contributed by atoms with Crippen LogP contribution in [0.2, 0.25) is 0 Å². The van der Waals surface area contributed by atoms with E-state index in [0.717, 1.165) is 16.9 Å². The summed E-state index contributed by atoms with van der Waals surface area (Å²) in [6.45, 7) is 1.99. The molecule has 0 amide bonds. The number of aryl methyl sites for hydroxylation is 1. The van der Waals surface area contributed by atoms with Gasteiger partial charge in [0.2, 0.25) is 0 Å². The summed E-state index contributed by atoms with van der Waals surface area (Å²) in [6, 6.07) is 5.77. The summed E-state index contributed by atoms with van der Waals surface area (Å²) in [4.78, 5) is 0. The van der Waals surface area contributed by atoms with Crippen molar-refractivity contribution in [3.05, 3.63) is 29.3 Å². The molecule has 0 saturated carbocycles. The van der Waals surface area contributed by atoms with Crippen molar-refractivity contribution in [2.45, 2.75) is 13.1 Å². The molecule has 0 saturated heterocycles. The predicted octanol–water partition coefficient (Wildman–Crippen LogP) is 0.920. The molecule has 0 bridgehead atoms. The molecular formula is C9H14N2O. The standard InChI is InChI=1S/C9H14N2O/c1-6-3-4-8(12-2)7(5-6)9(10)11/h3-5,9H,10-11H2,1-2H3. The summed E-state index contributed by atoms with van der Waals surface area (Å²) in [5.41, 5.74) is 13.1. The van der Waals surface area contributed by atoms with Gasteiger partial charge in [-0.2, -0.15) is 0 Å². The monoisotopic (exact) mass is 166 g/mol. The second-order valence-electron chi connectivity index (χ2n) is 2.77. The van der Waals surface area contributed by atoms with Crippen LogP contribution in [0.5, 0.6) is 5.75 Å². The fourth-order valence-corrected chi connectivity index (χ4v) is 1.11. The summed E-state index contributed by atoms with van der Waals surface area (Å²) in [6.07, 6.45) is -0.472. The minimum absolute atomic E-state index is 0.472. The number of hydrogen-bond donors (Lipinski definition) is 2. The van der Waals surface area contributed by atoms with Gasteiger partial charge in [0.05, 0.1) is 13.3 Å². The topological polar surface area (TPSA) is 61.3 Å². The van der Waals surface area contributed by atoms with Crippen LogP contribution < -0.4 is 16.2 Å². The van der Waals surface area contributed by atoms with Crippen LogP contribution in [-0.4, -0.2) is 7.11 Å². The zero-order valence-electron chi connectivity index (χ0n) is 7.37. The van der Waals surface area contributed by atoms with Crippen LogP contribution in [0.15, 0.2) is 18.2 Å². The largest absolute Gasteiger partial charge is 0.496 e. The molecule has 1 aromatic carbocycles. The summed E-state index contributed by atoms with van der Waals surface area (Å²) < 4.78 is 5.10. The van der Waals surface area contributed by atoms with Gasteiger partial charge < -0.3 is 16.2 Å². The van der Waals surface area contributed by atoms with E-state index >= 15 is 0 Å². The molecule has 0 aliphatic rings. The molecule has 0 aromatic heterocycles. The summed E-state index contributed by atoms with van der Waals surface area (Å²) in [5.74, 6) is 0.746. The lowest BCUT2D eigenvalue weighted by Crippen LogP contribution is -2.20. The van der Waals surface area contributed by atoms with Gasteiger partial charge in [0.25, 0.3) is 0 Å². The van der Waals surface area contributed by atoms with Gasteiger partial charge in [-0.05, 0) is 19.1 Å². The Hall–Kier alpha value is -1.06. The van der Waals surface area contributed by atoms with Crippen molar-refractivity contribution in [3.8, 4) is 5.75 Å². The summed E-state index contributed by atoms with van der Waals surface area (Å²) >= 11 is 0. The molecule has 4 N–H and O–H groups in total. The zero-order chi connectivity index (χ0) is 9.14. The van der Waals surface area contributed by atoms with Gasteiger partial charge in [0.15, 0.2) is 0 Å². The number of hydrogen-bond acceptors (Lipinski definition) is 3. The van der Waals surface area contributed by atoms with Crippen molar-refractivity contribution in [3.63, 3.8) is 0 Å². The fraction of sp³-hybridized carbons (Fsp3) is 0.333. The second kappa shape index (κ2) is 3.56. The van der Waals surface area contributed by atoms with E-state index < -0.39 is 6.17 Å². The Morgan fingerprint density at radius 2 is 2.00 bits per heavy atom. The maximum Gasteiger partial charge on any atom is 0.124 e. The zero-order valence-corrected chi connectivity index (χ0v) is 7.37. The minimum atomic E-state index is -0.472. The molecule has 0 radical (unpaired) electrons. The SMILES string of the molecule is COc1ccc(C)cc1C(N)N. The second-order valence-corrected chi connectivity index (χ2v) is 2.77. The maximum atomic E-state index is 5.56. The molecule has 0 atom stereocenters. The minimum Gasteiger partial charge on any atom is -0.496 e. The van der Waals surface area contributed by atoms with E-state index in [4.69, 9.17) is 16.2 Å². The molecular weight excluding hydrogens is 152 g/mol. The number of benzene rings is 1. The van der Waals surface area contributed by atoms with Crippen molar-refractivity contribution in [2.24, 2.45) is 11.5 Å². The Morgan fingerprint density at radius 3 is 2.50 bits per heavy atom. The Kier molecular flexibility index (Phi) is 2.68. The Balaban J connectivity index is 3.12. The first-order valence-corrected chi connectivity index (χ1v) is 3.81. The molecule has 1 rings (SSSR count). The van der Waals surface area contributed by atoms with E-state index in [1.165, 1.54) is 0 Å². The Bertz CT molecular complexity index is 271. The summed E-state index contributed by atoms with van der Waals surface area (Å²) in [7, 11) is 1.61. The first-order valence-electron chi connectivity index (χ1n) is 3.81. The highest BCUT2D eigenvalue weighted by Crippen LogP contribution is 2.22. The molecule has 1 aromatic rings. The van der Waals surface area contributed by atoms with Crippen LogP contribution in [0.25, 0.3) is 0 Å². The normalized spacial score (nSPS) is 10.4. The predicted molar refractivity (Wildman–Crippen MR) is 48.8 cm³/mol. The third-order valence-corrected chi connectivity index (χ3v) is 1.74. The number of rotatable bonds is 2. The van der Waals surface area contributed by atoms with Gasteiger partial charge in [-0.15, -0.1) is 0 Å². The molecule has 0 spiro atoms. The van der Waals surface area contributed by atoms with Crippen LogP contribution >= 0.6 is 0 Å². The molecule has 3 heteroatoms. The highest BCUT2D eigenvalue weighted by molar-refractivity contribution is 5.38. The van der Waals surface area contributed by atoms with Gasteiger partial charge >= 0.3 is 0 Å². The highest BCUT2D eigenvalue weighted by Gasteiger charge is 2.06. The smallest absolute Gasteiger partial charge is 0.124 e. The number of nitrogens with two attached hydrogens (primary N) is 2. The number of methoxy groups -OCH3 is 1. The van der Waals surface area contributed by atoms with Gasteiger partial charge in [-0.3, -0.25) is 0 Å². The van der Waals surface area contributed by atoms with E-state index in [2.05, 4.69) is 0 Å². The fourth-order valence-electron chi connectivity index (χ4n) is 1.11. The average Bonchev–Trinajstić information content (AvgIpc) is 2.04. The van der Waals surface area contributed by atoms with Crippen molar-refractivity contribution < 1.29 is 4.74 Å². The molecule has 0 fully saturated rings. The molecule has 0 heterocycles. The lowest BCUT2D eigenvalue weighted by Gasteiger charge is -2.11.